The van der Waals surface area contributed by atoms with Gasteiger partial charge in [0.05, 0.1) is 11.7 Å². The Bertz CT molecular complexity index is 1190. The normalized spacial score (nSPS) is 31.0. The molecule has 1 saturated heterocycles. The number of ether oxygens (including phenoxy) is 2. The molecule has 0 saturated carbocycles. The van der Waals surface area contributed by atoms with E-state index >= 15 is 0 Å². The highest BCUT2D eigenvalue weighted by atomic mass is 16.7. The monoisotopic (exact) mass is 452 g/mol. The van der Waals surface area contributed by atoms with Crippen molar-refractivity contribution in [2.75, 3.05) is 0 Å². The minimum Gasteiger partial charge on any atom is -0.461 e. The third-order valence-electron chi connectivity index (χ3n) is 6.69. The summed E-state index contributed by atoms with van der Waals surface area (Å²) in [6, 6.07) is 7.81. The van der Waals surface area contributed by atoms with E-state index in [-0.39, 0.29) is 39.7 Å². The SMILES string of the molecule is C[C@@H]1CC(=O)c2c(ccc3c2C(=O)c2cccc(O[C@@H]4O[C@H](C)[C@H](O)[C@@H](O)[C@H]4O)c2C3=O)C1. The number of ketones is 3. The highest BCUT2D eigenvalue weighted by molar-refractivity contribution is 6.32. The summed E-state index contributed by atoms with van der Waals surface area (Å²) in [6.45, 7) is 3.49. The molecule has 33 heavy (non-hydrogen) atoms. The Morgan fingerprint density at radius 2 is 1.52 bits per heavy atom. The fraction of sp³-hybridized carbons (Fsp3) is 0.400. The van der Waals surface area contributed by atoms with Crippen LogP contribution in [-0.4, -0.2) is 63.4 Å². The lowest BCUT2D eigenvalue weighted by atomic mass is 9.74. The molecule has 3 aliphatic rings. The molecule has 8 nitrogen and oxygen atoms in total. The summed E-state index contributed by atoms with van der Waals surface area (Å²) in [5.41, 5.74) is 1.49. The van der Waals surface area contributed by atoms with Gasteiger partial charge >= 0.3 is 0 Å². The maximum atomic E-state index is 13.5. The van der Waals surface area contributed by atoms with E-state index in [2.05, 4.69) is 0 Å². The summed E-state index contributed by atoms with van der Waals surface area (Å²) in [4.78, 5) is 39.8. The van der Waals surface area contributed by atoms with Gasteiger partial charge in [0.1, 0.15) is 24.1 Å². The minimum absolute atomic E-state index is 0.00834. The van der Waals surface area contributed by atoms with Gasteiger partial charge in [-0.3, -0.25) is 14.4 Å². The van der Waals surface area contributed by atoms with E-state index in [9.17, 15) is 29.7 Å². The van der Waals surface area contributed by atoms with Crippen molar-refractivity contribution in [1.82, 2.24) is 0 Å². The maximum absolute atomic E-state index is 13.5. The number of benzene rings is 2. The number of aliphatic hydroxyl groups is 3. The average molecular weight is 452 g/mol. The molecule has 1 fully saturated rings. The molecule has 172 valence electrons. The second kappa shape index (κ2) is 7.85. The molecule has 2 aromatic rings. The largest absolute Gasteiger partial charge is 0.461 e. The van der Waals surface area contributed by atoms with Gasteiger partial charge in [-0.05, 0) is 37.0 Å². The highest BCUT2D eigenvalue weighted by Crippen LogP contribution is 2.39. The van der Waals surface area contributed by atoms with Crippen molar-refractivity contribution in [3.63, 3.8) is 0 Å². The summed E-state index contributed by atoms with van der Waals surface area (Å²) >= 11 is 0. The molecule has 0 spiro atoms. The van der Waals surface area contributed by atoms with Gasteiger partial charge in [0.15, 0.2) is 17.3 Å². The van der Waals surface area contributed by atoms with E-state index in [1.54, 1.807) is 12.1 Å². The van der Waals surface area contributed by atoms with Crippen molar-refractivity contribution in [3.05, 3.63) is 63.7 Å². The number of hydrogen-bond donors (Lipinski definition) is 3. The number of aliphatic hydroxyl groups excluding tert-OH is 3. The van der Waals surface area contributed by atoms with Gasteiger partial charge in [0, 0.05) is 28.7 Å². The Morgan fingerprint density at radius 3 is 2.27 bits per heavy atom. The zero-order valence-electron chi connectivity index (χ0n) is 18.1. The molecule has 1 heterocycles. The van der Waals surface area contributed by atoms with Gasteiger partial charge in [0.2, 0.25) is 6.29 Å². The molecule has 2 aliphatic carbocycles. The van der Waals surface area contributed by atoms with E-state index in [1.165, 1.54) is 25.1 Å². The van der Waals surface area contributed by atoms with Gasteiger partial charge in [-0.1, -0.05) is 25.1 Å². The fourth-order valence-electron chi connectivity index (χ4n) is 4.98. The molecule has 0 aromatic heterocycles. The van der Waals surface area contributed by atoms with Crippen LogP contribution in [0.2, 0.25) is 0 Å². The van der Waals surface area contributed by atoms with Crippen LogP contribution in [0.5, 0.6) is 5.75 Å². The van der Waals surface area contributed by atoms with E-state index in [0.717, 1.165) is 5.56 Å². The molecule has 2 aromatic carbocycles. The molecule has 0 bridgehead atoms. The van der Waals surface area contributed by atoms with E-state index in [1.807, 2.05) is 6.92 Å². The predicted octanol–water partition coefficient (Wildman–Crippen LogP) is 1.43. The lowest BCUT2D eigenvalue weighted by molar-refractivity contribution is -0.268. The minimum atomic E-state index is -1.57. The number of Topliss-reactive ketones (excluding diaryl/α,β-unsaturated/α-hetero) is 1. The first-order valence-electron chi connectivity index (χ1n) is 11.0. The van der Waals surface area contributed by atoms with Crippen LogP contribution in [-0.2, 0) is 11.2 Å². The van der Waals surface area contributed by atoms with Crippen LogP contribution in [0.15, 0.2) is 30.3 Å². The number of hydrogen-bond acceptors (Lipinski definition) is 8. The van der Waals surface area contributed by atoms with Gasteiger partial charge in [-0.2, -0.15) is 0 Å². The van der Waals surface area contributed by atoms with Gasteiger partial charge in [-0.25, -0.2) is 0 Å². The van der Waals surface area contributed by atoms with Crippen molar-refractivity contribution in [2.24, 2.45) is 5.92 Å². The van der Waals surface area contributed by atoms with Crippen molar-refractivity contribution in [1.29, 1.82) is 0 Å². The Labute approximate surface area is 189 Å². The number of fused-ring (bicyclic) bond motifs is 4. The van der Waals surface area contributed by atoms with E-state index in [4.69, 9.17) is 9.47 Å². The first kappa shape index (κ1) is 21.9. The first-order valence-corrected chi connectivity index (χ1v) is 11.0. The summed E-state index contributed by atoms with van der Waals surface area (Å²) in [7, 11) is 0. The molecule has 1 aliphatic heterocycles. The molecular weight excluding hydrogens is 428 g/mol. The maximum Gasteiger partial charge on any atom is 0.229 e. The standard InChI is InChI=1S/C25H24O8/c1-10-8-12-6-7-14-19(17(12)15(26)9-10)22(29)13-4-3-5-16(18(13)21(14)28)33-25-24(31)23(30)20(27)11(2)32-25/h3-7,10-11,20,23-25,27,30-31H,8-9H2,1-2H3/t10-,11+,20-,23+,24+,25-/m0/s1. The number of carbonyl (C=O) groups excluding carboxylic acids is 3. The van der Waals surface area contributed by atoms with Crippen molar-refractivity contribution < 1.29 is 39.2 Å². The molecule has 6 atom stereocenters. The predicted molar refractivity (Wildman–Crippen MR) is 115 cm³/mol. The van der Waals surface area contributed by atoms with Crippen LogP contribution in [0.3, 0.4) is 0 Å². The molecule has 0 amide bonds. The molecular formula is C25H24O8. The first-order chi connectivity index (χ1) is 15.7. The van der Waals surface area contributed by atoms with E-state index < -0.39 is 42.3 Å². The average Bonchev–Trinajstić information content (AvgIpc) is 2.78. The second-order valence-electron chi connectivity index (χ2n) is 9.10. The highest BCUT2D eigenvalue weighted by Gasteiger charge is 2.44. The van der Waals surface area contributed by atoms with E-state index in [0.29, 0.717) is 18.4 Å². The Kier molecular flexibility index (Phi) is 5.21. The third-order valence-corrected chi connectivity index (χ3v) is 6.69. The van der Waals surface area contributed by atoms with Gasteiger partial charge in [-0.15, -0.1) is 0 Å². The number of carbonyl (C=O) groups is 3. The summed E-state index contributed by atoms with van der Waals surface area (Å²) in [6.07, 6.45) is -5.58. The zero-order chi connectivity index (χ0) is 23.6. The molecule has 5 rings (SSSR count). The quantitative estimate of drug-likeness (QED) is 0.532. The van der Waals surface area contributed by atoms with Crippen LogP contribution in [0, 0.1) is 5.92 Å². The van der Waals surface area contributed by atoms with Crippen LogP contribution in [0.1, 0.15) is 68.0 Å². The second-order valence-corrected chi connectivity index (χ2v) is 9.10. The van der Waals surface area contributed by atoms with Crippen LogP contribution < -0.4 is 4.74 Å². The molecule has 3 N–H and O–H groups in total. The lowest BCUT2D eigenvalue weighted by Crippen LogP contribution is -2.58. The van der Waals surface area contributed by atoms with Crippen molar-refractivity contribution >= 4 is 17.3 Å². The Balaban J connectivity index is 1.57. The van der Waals surface area contributed by atoms with Gasteiger partial charge < -0.3 is 24.8 Å². The van der Waals surface area contributed by atoms with Crippen LogP contribution in [0.25, 0.3) is 0 Å². The topological polar surface area (TPSA) is 130 Å². The Morgan fingerprint density at radius 1 is 0.818 bits per heavy atom. The lowest BCUT2D eigenvalue weighted by Gasteiger charge is -2.39. The van der Waals surface area contributed by atoms with Gasteiger partial charge in [0.25, 0.3) is 0 Å². The van der Waals surface area contributed by atoms with Crippen LogP contribution in [0.4, 0.5) is 0 Å². The third kappa shape index (κ3) is 3.33. The Hall–Kier alpha value is -2.91. The summed E-state index contributed by atoms with van der Waals surface area (Å²) in [5, 5.41) is 30.3. The smallest absolute Gasteiger partial charge is 0.229 e. The van der Waals surface area contributed by atoms with Crippen LogP contribution >= 0.6 is 0 Å². The summed E-state index contributed by atoms with van der Waals surface area (Å²) < 4.78 is 11.2. The fourth-order valence-corrected chi connectivity index (χ4v) is 4.98. The summed E-state index contributed by atoms with van der Waals surface area (Å²) in [5.74, 6) is -0.864. The number of rotatable bonds is 2. The zero-order valence-corrected chi connectivity index (χ0v) is 18.1. The van der Waals surface area contributed by atoms with Crippen molar-refractivity contribution in [2.45, 2.75) is 57.4 Å². The van der Waals surface area contributed by atoms with Crippen molar-refractivity contribution in [3.8, 4) is 5.75 Å². The molecule has 0 radical (unpaired) electrons. The molecule has 8 heteroatoms. The molecule has 0 unspecified atom stereocenters.